The highest BCUT2D eigenvalue weighted by atomic mass is 16.4. The van der Waals surface area contributed by atoms with E-state index in [2.05, 4.69) is 10.6 Å². The van der Waals surface area contributed by atoms with Gasteiger partial charge < -0.3 is 20.6 Å². The van der Waals surface area contributed by atoms with Crippen LogP contribution in [-0.4, -0.2) is 54.1 Å². The summed E-state index contributed by atoms with van der Waals surface area (Å²) in [5.41, 5.74) is 0. The first-order valence-electron chi connectivity index (χ1n) is 6.86. The van der Waals surface area contributed by atoms with Crippen LogP contribution in [0, 0.1) is 11.8 Å². The average molecular weight is 285 g/mol. The second-order valence-electron chi connectivity index (χ2n) is 5.38. The van der Waals surface area contributed by atoms with Crippen molar-refractivity contribution in [2.75, 3.05) is 20.1 Å². The van der Waals surface area contributed by atoms with E-state index in [4.69, 9.17) is 5.11 Å². The Bertz CT molecular complexity index is 376. The first-order valence-corrected chi connectivity index (χ1v) is 6.86. The fourth-order valence-electron chi connectivity index (χ4n) is 2.29. The van der Waals surface area contributed by atoms with Crippen LogP contribution in [0.25, 0.3) is 0 Å². The van der Waals surface area contributed by atoms with Crippen molar-refractivity contribution < 1.29 is 19.5 Å². The monoisotopic (exact) mass is 285 g/mol. The van der Waals surface area contributed by atoms with Crippen LogP contribution < -0.4 is 10.6 Å². The zero-order valence-corrected chi connectivity index (χ0v) is 12.2. The largest absolute Gasteiger partial charge is 0.480 e. The summed E-state index contributed by atoms with van der Waals surface area (Å²) < 4.78 is 0. The van der Waals surface area contributed by atoms with Crippen LogP contribution in [0.5, 0.6) is 0 Å². The highest BCUT2D eigenvalue weighted by Crippen LogP contribution is 2.17. The lowest BCUT2D eigenvalue weighted by molar-refractivity contribution is -0.140. The number of urea groups is 1. The van der Waals surface area contributed by atoms with Crippen molar-refractivity contribution in [3.8, 4) is 0 Å². The summed E-state index contributed by atoms with van der Waals surface area (Å²) in [7, 11) is 1.60. The van der Waals surface area contributed by atoms with Gasteiger partial charge in [0.05, 0.1) is 0 Å². The number of piperidine rings is 1. The summed E-state index contributed by atoms with van der Waals surface area (Å²) in [6.07, 6.45) is 1.21. The number of nitrogens with zero attached hydrogens (tertiary/aromatic N) is 1. The van der Waals surface area contributed by atoms with Gasteiger partial charge in [-0.25, -0.2) is 9.59 Å². The fraction of sp³-hybridized carbons (Fsp3) is 0.769. The summed E-state index contributed by atoms with van der Waals surface area (Å²) in [5, 5.41) is 14.2. The molecule has 1 rings (SSSR count). The summed E-state index contributed by atoms with van der Waals surface area (Å²) in [6, 6.07) is -1.26. The third kappa shape index (κ3) is 4.11. The number of hydrogen-bond acceptors (Lipinski definition) is 3. The second kappa shape index (κ2) is 7.12. The molecule has 1 aliphatic rings. The molecule has 0 radical (unpaired) electrons. The molecule has 0 unspecified atom stereocenters. The lowest BCUT2D eigenvalue weighted by Gasteiger charge is -2.32. The van der Waals surface area contributed by atoms with E-state index in [9.17, 15) is 14.4 Å². The van der Waals surface area contributed by atoms with Gasteiger partial charge in [0.15, 0.2) is 0 Å². The Hall–Kier alpha value is -1.79. The number of aliphatic carboxylic acids is 1. The molecule has 0 saturated carbocycles. The summed E-state index contributed by atoms with van der Waals surface area (Å²) >= 11 is 0. The van der Waals surface area contributed by atoms with E-state index in [1.54, 1.807) is 25.8 Å². The molecule has 7 nitrogen and oxygen atoms in total. The molecule has 7 heteroatoms. The number of hydrogen-bond donors (Lipinski definition) is 3. The quantitative estimate of drug-likeness (QED) is 0.690. The molecule has 0 bridgehead atoms. The van der Waals surface area contributed by atoms with E-state index < -0.39 is 12.0 Å². The van der Waals surface area contributed by atoms with Crippen LogP contribution in [0.4, 0.5) is 4.79 Å². The molecule has 0 aromatic heterocycles. The Morgan fingerprint density at radius 3 is 2.15 bits per heavy atom. The van der Waals surface area contributed by atoms with Crippen molar-refractivity contribution in [2.24, 2.45) is 11.8 Å². The van der Waals surface area contributed by atoms with Gasteiger partial charge in [-0.15, -0.1) is 0 Å². The smallest absolute Gasteiger partial charge is 0.326 e. The molecular formula is C13H23N3O4. The van der Waals surface area contributed by atoms with Gasteiger partial charge >= 0.3 is 12.0 Å². The third-order valence-corrected chi connectivity index (χ3v) is 3.61. The van der Waals surface area contributed by atoms with Crippen LogP contribution in [0.15, 0.2) is 0 Å². The van der Waals surface area contributed by atoms with Crippen LogP contribution in [0.3, 0.4) is 0 Å². The molecule has 1 atom stereocenters. The van der Waals surface area contributed by atoms with Crippen molar-refractivity contribution in [3.63, 3.8) is 0 Å². The Morgan fingerprint density at radius 1 is 1.20 bits per heavy atom. The van der Waals surface area contributed by atoms with E-state index in [-0.39, 0.29) is 23.8 Å². The third-order valence-electron chi connectivity index (χ3n) is 3.61. The molecule has 0 aliphatic carbocycles. The van der Waals surface area contributed by atoms with Crippen molar-refractivity contribution in [3.05, 3.63) is 0 Å². The first-order chi connectivity index (χ1) is 9.36. The molecule has 0 spiro atoms. The average Bonchev–Trinajstić information content (AvgIpc) is 2.43. The summed E-state index contributed by atoms with van der Waals surface area (Å²) in [6.45, 7) is 4.43. The molecule has 1 fully saturated rings. The standard InChI is InChI=1S/C13H23N3O4/c1-8(2)10(12(18)19)15-13(20)16-6-4-9(5-7-16)11(17)14-3/h8-10H,4-7H2,1-3H3,(H,14,17)(H,15,20)(H,18,19)/t10-/m1/s1. The number of carboxylic acids is 1. The highest BCUT2D eigenvalue weighted by Gasteiger charge is 2.30. The molecule has 0 aromatic rings. The van der Waals surface area contributed by atoms with Gasteiger partial charge in [-0.1, -0.05) is 13.8 Å². The zero-order chi connectivity index (χ0) is 15.3. The van der Waals surface area contributed by atoms with E-state index in [1.807, 2.05) is 0 Å². The first kappa shape index (κ1) is 16.3. The molecule has 1 saturated heterocycles. The molecule has 3 N–H and O–H groups in total. The minimum atomic E-state index is -1.03. The summed E-state index contributed by atoms with van der Waals surface area (Å²) in [5.74, 6) is -1.28. The van der Waals surface area contributed by atoms with Crippen LogP contribution >= 0.6 is 0 Å². The lowest BCUT2D eigenvalue weighted by atomic mass is 9.96. The minimum absolute atomic E-state index is 0.00403. The van der Waals surface area contributed by atoms with Crippen LogP contribution in [-0.2, 0) is 9.59 Å². The van der Waals surface area contributed by atoms with E-state index >= 15 is 0 Å². The molecule has 1 heterocycles. The lowest BCUT2D eigenvalue weighted by Crippen LogP contribution is -2.52. The molecule has 3 amide bonds. The van der Waals surface area contributed by atoms with Crippen LogP contribution in [0.1, 0.15) is 26.7 Å². The predicted octanol–water partition coefficient (Wildman–Crippen LogP) is 0.263. The van der Waals surface area contributed by atoms with Gasteiger partial charge in [-0.2, -0.15) is 0 Å². The SMILES string of the molecule is CNC(=O)C1CCN(C(=O)N[C@@H](C(=O)O)C(C)C)CC1. The van der Waals surface area contributed by atoms with Crippen molar-refractivity contribution >= 4 is 17.9 Å². The molecule has 0 aromatic carbocycles. The van der Waals surface area contributed by atoms with Crippen molar-refractivity contribution in [1.29, 1.82) is 0 Å². The number of carboxylic acid groups (broad SMARTS) is 1. The van der Waals surface area contributed by atoms with Crippen molar-refractivity contribution in [1.82, 2.24) is 15.5 Å². The van der Waals surface area contributed by atoms with Gasteiger partial charge in [0.1, 0.15) is 6.04 Å². The Balaban J connectivity index is 2.50. The number of carbonyl (C=O) groups excluding carboxylic acids is 2. The number of nitrogens with one attached hydrogen (secondary N) is 2. The zero-order valence-electron chi connectivity index (χ0n) is 12.2. The Kier molecular flexibility index (Phi) is 5.79. The second-order valence-corrected chi connectivity index (χ2v) is 5.38. The maximum atomic E-state index is 12.0. The number of likely N-dealkylation sites (tertiary alicyclic amines) is 1. The van der Waals surface area contributed by atoms with Gasteiger partial charge in [-0.3, -0.25) is 4.79 Å². The van der Waals surface area contributed by atoms with Gasteiger partial charge in [0.2, 0.25) is 5.91 Å². The number of amides is 3. The maximum absolute atomic E-state index is 12.0. The van der Waals surface area contributed by atoms with Gasteiger partial charge in [0, 0.05) is 26.1 Å². The Morgan fingerprint density at radius 2 is 1.75 bits per heavy atom. The normalized spacial score (nSPS) is 17.7. The van der Waals surface area contributed by atoms with Crippen LogP contribution in [0.2, 0.25) is 0 Å². The number of carbonyl (C=O) groups is 3. The minimum Gasteiger partial charge on any atom is -0.480 e. The fourth-order valence-corrected chi connectivity index (χ4v) is 2.29. The molecular weight excluding hydrogens is 262 g/mol. The highest BCUT2D eigenvalue weighted by molar-refractivity contribution is 5.83. The topological polar surface area (TPSA) is 98.7 Å². The molecule has 114 valence electrons. The maximum Gasteiger partial charge on any atom is 0.326 e. The predicted molar refractivity (Wildman–Crippen MR) is 73.2 cm³/mol. The molecule has 20 heavy (non-hydrogen) atoms. The van der Waals surface area contributed by atoms with Gasteiger partial charge in [0.25, 0.3) is 0 Å². The van der Waals surface area contributed by atoms with E-state index in [0.717, 1.165) is 0 Å². The van der Waals surface area contributed by atoms with E-state index in [0.29, 0.717) is 25.9 Å². The van der Waals surface area contributed by atoms with Crippen molar-refractivity contribution in [2.45, 2.75) is 32.7 Å². The van der Waals surface area contributed by atoms with E-state index in [1.165, 1.54) is 0 Å². The number of rotatable bonds is 4. The Labute approximate surface area is 118 Å². The van der Waals surface area contributed by atoms with Gasteiger partial charge in [-0.05, 0) is 18.8 Å². The molecule has 1 aliphatic heterocycles. The summed E-state index contributed by atoms with van der Waals surface area (Å²) in [4.78, 5) is 36.1.